The third-order valence-corrected chi connectivity index (χ3v) is 5.93. The van der Waals surface area contributed by atoms with Crippen LogP contribution in [0.3, 0.4) is 0 Å². The lowest BCUT2D eigenvalue weighted by molar-refractivity contribution is 0.602. The fraction of sp³-hybridized carbons (Fsp3) is 0.333. The van der Waals surface area contributed by atoms with E-state index in [1.807, 2.05) is 0 Å². The van der Waals surface area contributed by atoms with Gasteiger partial charge in [-0.15, -0.1) is 0 Å². The molecule has 1 aliphatic rings. The van der Waals surface area contributed by atoms with Crippen LogP contribution in [0.25, 0.3) is 0 Å². The summed E-state index contributed by atoms with van der Waals surface area (Å²) in [6.45, 7) is 1.77. The van der Waals surface area contributed by atoms with Gasteiger partial charge in [-0.1, -0.05) is 23.2 Å². The van der Waals surface area contributed by atoms with Crippen LogP contribution in [0.1, 0.15) is 12.2 Å². The number of aromatic nitrogens is 2. The van der Waals surface area contributed by atoms with Gasteiger partial charge < -0.3 is 10.6 Å². The minimum Gasteiger partial charge on any atom is -0.366 e. The Morgan fingerprint density at radius 3 is 2.58 bits per heavy atom. The standard InChI is InChI=1S/C15H16Cl2N4O2S/c1-9-18-14(20-11-4-5-24(22,23)8-11)7-15(19-9)21-13-3-2-10(16)6-12(13)17/h2-3,6-7,11H,4-5,8H2,1H3,(H2,18,19,20,21). The molecule has 1 aromatic carbocycles. The fourth-order valence-electron chi connectivity index (χ4n) is 2.55. The molecular weight excluding hydrogens is 371 g/mol. The summed E-state index contributed by atoms with van der Waals surface area (Å²) in [6, 6.07) is 6.73. The van der Waals surface area contributed by atoms with E-state index in [4.69, 9.17) is 23.2 Å². The van der Waals surface area contributed by atoms with Crippen LogP contribution in [0.15, 0.2) is 24.3 Å². The minimum atomic E-state index is -2.95. The zero-order chi connectivity index (χ0) is 17.3. The molecule has 0 radical (unpaired) electrons. The lowest BCUT2D eigenvalue weighted by Crippen LogP contribution is -2.21. The average molecular weight is 387 g/mol. The average Bonchev–Trinajstić information content (AvgIpc) is 2.80. The van der Waals surface area contributed by atoms with E-state index in [9.17, 15) is 8.42 Å². The summed E-state index contributed by atoms with van der Waals surface area (Å²) in [7, 11) is -2.95. The molecule has 1 fully saturated rings. The molecule has 0 saturated carbocycles. The van der Waals surface area contributed by atoms with Gasteiger partial charge in [-0.3, -0.25) is 0 Å². The first-order valence-corrected chi connectivity index (χ1v) is 9.93. The molecule has 0 amide bonds. The van der Waals surface area contributed by atoms with Crippen molar-refractivity contribution in [2.24, 2.45) is 0 Å². The van der Waals surface area contributed by atoms with Crippen LogP contribution in [-0.2, 0) is 9.84 Å². The van der Waals surface area contributed by atoms with E-state index in [0.29, 0.717) is 39.6 Å². The Labute approximate surface area is 150 Å². The second kappa shape index (κ2) is 6.74. The Morgan fingerprint density at radius 1 is 1.17 bits per heavy atom. The van der Waals surface area contributed by atoms with Gasteiger partial charge in [0.1, 0.15) is 17.5 Å². The summed E-state index contributed by atoms with van der Waals surface area (Å²) in [5.74, 6) is 2.04. The van der Waals surface area contributed by atoms with Gasteiger partial charge in [-0.2, -0.15) is 0 Å². The van der Waals surface area contributed by atoms with Crippen molar-refractivity contribution in [1.29, 1.82) is 0 Å². The van der Waals surface area contributed by atoms with Crippen LogP contribution in [0.5, 0.6) is 0 Å². The molecule has 1 aromatic heterocycles. The Hall–Kier alpha value is -1.57. The Bertz CT molecular complexity index is 874. The number of nitrogens with zero attached hydrogens (tertiary/aromatic N) is 2. The molecule has 128 valence electrons. The third-order valence-electron chi connectivity index (χ3n) is 3.62. The molecule has 1 atom stereocenters. The SMILES string of the molecule is Cc1nc(Nc2ccc(Cl)cc2Cl)cc(NC2CCS(=O)(=O)C2)n1. The first-order chi connectivity index (χ1) is 11.3. The van der Waals surface area contributed by atoms with Crippen LogP contribution in [0, 0.1) is 6.92 Å². The smallest absolute Gasteiger partial charge is 0.152 e. The largest absolute Gasteiger partial charge is 0.366 e. The van der Waals surface area contributed by atoms with E-state index in [-0.39, 0.29) is 17.5 Å². The summed E-state index contributed by atoms with van der Waals surface area (Å²) in [5.41, 5.74) is 0.675. The van der Waals surface area contributed by atoms with E-state index >= 15 is 0 Å². The van der Waals surface area contributed by atoms with E-state index in [1.165, 1.54) is 0 Å². The van der Waals surface area contributed by atoms with Crippen molar-refractivity contribution in [3.63, 3.8) is 0 Å². The number of sulfone groups is 1. The molecule has 1 unspecified atom stereocenters. The summed E-state index contributed by atoms with van der Waals surface area (Å²) in [6.07, 6.45) is 0.581. The van der Waals surface area contributed by atoms with Crippen molar-refractivity contribution in [2.75, 3.05) is 22.1 Å². The normalized spacial score (nSPS) is 19.2. The topological polar surface area (TPSA) is 84.0 Å². The molecule has 6 nitrogen and oxygen atoms in total. The van der Waals surface area contributed by atoms with Crippen LogP contribution in [0.4, 0.5) is 17.3 Å². The van der Waals surface area contributed by atoms with Gasteiger partial charge in [0.25, 0.3) is 0 Å². The number of hydrogen-bond donors (Lipinski definition) is 2. The summed E-state index contributed by atoms with van der Waals surface area (Å²) in [5, 5.41) is 7.32. The zero-order valence-corrected chi connectivity index (χ0v) is 15.2. The van der Waals surface area contributed by atoms with Crippen molar-refractivity contribution in [3.8, 4) is 0 Å². The molecule has 0 bridgehead atoms. The summed E-state index contributed by atoms with van der Waals surface area (Å²) < 4.78 is 23.1. The van der Waals surface area contributed by atoms with Gasteiger partial charge in [-0.25, -0.2) is 18.4 Å². The van der Waals surface area contributed by atoms with Crippen LogP contribution in [-0.4, -0.2) is 35.9 Å². The highest BCUT2D eigenvalue weighted by Crippen LogP contribution is 2.28. The number of benzene rings is 1. The van der Waals surface area contributed by atoms with Crippen molar-refractivity contribution in [1.82, 2.24) is 9.97 Å². The van der Waals surface area contributed by atoms with E-state index in [0.717, 1.165) is 0 Å². The molecule has 0 spiro atoms. The molecular formula is C15H16Cl2N4O2S. The second-order valence-corrected chi connectivity index (χ2v) is 8.75. The highest BCUT2D eigenvalue weighted by Gasteiger charge is 2.28. The molecule has 24 heavy (non-hydrogen) atoms. The maximum Gasteiger partial charge on any atom is 0.152 e. The van der Waals surface area contributed by atoms with Gasteiger partial charge in [0, 0.05) is 17.1 Å². The number of rotatable bonds is 4. The molecule has 2 aromatic rings. The predicted octanol–water partition coefficient (Wildman–Crippen LogP) is 3.43. The molecule has 1 saturated heterocycles. The maximum absolute atomic E-state index is 11.6. The Balaban J connectivity index is 1.79. The fourth-order valence-corrected chi connectivity index (χ4v) is 4.68. The lowest BCUT2D eigenvalue weighted by Gasteiger charge is -2.14. The Morgan fingerprint density at radius 2 is 1.92 bits per heavy atom. The Kier molecular flexibility index (Phi) is 4.85. The lowest BCUT2D eigenvalue weighted by atomic mass is 10.2. The quantitative estimate of drug-likeness (QED) is 0.836. The maximum atomic E-state index is 11.6. The third kappa shape index (κ3) is 4.28. The number of anilines is 3. The van der Waals surface area contributed by atoms with Gasteiger partial charge >= 0.3 is 0 Å². The minimum absolute atomic E-state index is 0.127. The number of aryl methyl sites for hydroxylation is 1. The van der Waals surface area contributed by atoms with Gasteiger partial charge in [0.2, 0.25) is 0 Å². The molecule has 2 heterocycles. The zero-order valence-electron chi connectivity index (χ0n) is 12.9. The molecule has 9 heteroatoms. The number of halogens is 2. The van der Waals surface area contributed by atoms with E-state index in [1.54, 1.807) is 31.2 Å². The molecule has 3 rings (SSSR count). The van der Waals surface area contributed by atoms with Crippen molar-refractivity contribution >= 4 is 50.4 Å². The first-order valence-electron chi connectivity index (χ1n) is 7.35. The van der Waals surface area contributed by atoms with Gasteiger partial charge in [0.05, 0.1) is 22.2 Å². The summed E-state index contributed by atoms with van der Waals surface area (Å²) >= 11 is 12.0. The van der Waals surface area contributed by atoms with Gasteiger partial charge in [-0.05, 0) is 31.5 Å². The van der Waals surface area contributed by atoms with E-state index < -0.39 is 9.84 Å². The summed E-state index contributed by atoms with van der Waals surface area (Å²) in [4.78, 5) is 8.64. The predicted molar refractivity (Wildman–Crippen MR) is 97.2 cm³/mol. The molecule has 2 N–H and O–H groups in total. The van der Waals surface area contributed by atoms with E-state index in [2.05, 4.69) is 20.6 Å². The van der Waals surface area contributed by atoms with Crippen LogP contribution in [0.2, 0.25) is 10.0 Å². The van der Waals surface area contributed by atoms with Crippen LogP contribution >= 0.6 is 23.2 Å². The second-order valence-electron chi connectivity index (χ2n) is 5.68. The molecule has 0 aliphatic carbocycles. The van der Waals surface area contributed by atoms with Gasteiger partial charge in [0.15, 0.2) is 9.84 Å². The van der Waals surface area contributed by atoms with Crippen molar-refractivity contribution in [2.45, 2.75) is 19.4 Å². The monoisotopic (exact) mass is 386 g/mol. The number of hydrogen-bond acceptors (Lipinski definition) is 6. The molecule has 1 aliphatic heterocycles. The van der Waals surface area contributed by atoms with Crippen molar-refractivity contribution < 1.29 is 8.42 Å². The number of nitrogens with one attached hydrogen (secondary N) is 2. The van der Waals surface area contributed by atoms with Crippen LogP contribution < -0.4 is 10.6 Å². The van der Waals surface area contributed by atoms with Crippen molar-refractivity contribution in [3.05, 3.63) is 40.1 Å². The highest BCUT2D eigenvalue weighted by molar-refractivity contribution is 7.91. The highest BCUT2D eigenvalue weighted by atomic mass is 35.5. The first kappa shape index (κ1) is 17.3.